The second-order valence-corrected chi connectivity index (χ2v) is 6.77. The van der Waals surface area contributed by atoms with E-state index in [4.69, 9.17) is 16.3 Å². The number of carbonyl (C=O) groups excluding carboxylic acids is 2. The number of benzene rings is 1. The lowest BCUT2D eigenvalue weighted by Gasteiger charge is -2.35. The lowest BCUT2D eigenvalue weighted by Crippen LogP contribution is -2.54. The summed E-state index contributed by atoms with van der Waals surface area (Å²) in [5.41, 5.74) is 0.648. The van der Waals surface area contributed by atoms with Crippen LogP contribution in [0.15, 0.2) is 55.1 Å². The molecule has 2 unspecified atom stereocenters. The highest BCUT2D eigenvalue weighted by molar-refractivity contribution is 6.32. The largest absolute Gasteiger partial charge is 0.468 e. The van der Waals surface area contributed by atoms with Crippen LogP contribution in [0.5, 0.6) is 0 Å². The van der Waals surface area contributed by atoms with E-state index in [9.17, 15) is 9.59 Å². The zero-order chi connectivity index (χ0) is 19.4. The Bertz CT molecular complexity index is 907. The van der Waals surface area contributed by atoms with Gasteiger partial charge in [0, 0.05) is 5.02 Å². The minimum Gasteiger partial charge on any atom is -0.468 e. The van der Waals surface area contributed by atoms with Gasteiger partial charge in [-0.25, -0.2) is 9.67 Å². The smallest absolute Gasteiger partial charge is 0.315 e. The third-order valence-electron chi connectivity index (χ3n) is 4.42. The van der Waals surface area contributed by atoms with Crippen LogP contribution in [0.4, 0.5) is 0 Å². The van der Waals surface area contributed by atoms with E-state index >= 15 is 0 Å². The monoisotopic (exact) mass is 386 g/mol. The van der Waals surface area contributed by atoms with Crippen molar-refractivity contribution in [1.29, 1.82) is 0 Å². The van der Waals surface area contributed by atoms with Gasteiger partial charge in [0.2, 0.25) is 5.91 Å². The molecule has 140 valence electrons. The first-order valence-corrected chi connectivity index (χ1v) is 8.68. The minimum atomic E-state index is -0.949. The number of carbonyl (C=O) groups is 2. The van der Waals surface area contributed by atoms with Gasteiger partial charge in [0.25, 0.3) is 0 Å². The van der Waals surface area contributed by atoms with Crippen LogP contribution in [-0.4, -0.2) is 39.3 Å². The van der Waals surface area contributed by atoms with Crippen molar-refractivity contribution in [1.82, 2.24) is 20.1 Å². The van der Waals surface area contributed by atoms with Crippen molar-refractivity contribution in [3.63, 3.8) is 0 Å². The molecule has 0 spiro atoms. The van der Waals surface area contributed by atoms with E-state index in [-0.39, 0.29) is 12.5 Å². The van der Waals surface area contributed by atoms with Crippen LogP contribution in [0.3, 0.4) is 0 Å². The molecule has 1 aromatic carbocycles. The van der Waals surface area contributed by atoms with Crippen molar-refractivity contribution in [2.45, 2.75) is 19.0 Å². The number of nitrogens with one attached hydrogen (secondary N) is 1. The molecule has 1 amide bonds. The van der Waals surface area contributed by atoms with Gasteiger partial charge in [-0.1, -0.05) is 48.0 Å². The summed E-state index contributed by atoms with van der Waals surface area (Å²) in [6.45, 7) is 1.77. The second kappa shape index (κ2) is 7.75. The Morgan fingerprint density at radius 3 is 2.81 bits per heavy atom. The van der Waals surface area contributed by atoms with Crippen molar-refractivity contribution < 1.29 is 14.3 Å². The lowest BCUT2D eigenvalue weighted by molar-refractivity contribution is -0.145. The molecule has 1 aromatic heterocycles. The van der Waals surface area contributed by atoms with Crippen LogP contribution in [0.2, 0.25) is 5.02 Å². The number of methoxy groups -OCH3 is 1. The van der Waals surface area contributed by atoms with Crippen molar-refractivity contribution in [2.75, 3.05) is 7.11 Å². The van der Waals surface area contributed by atoms with E-state index < -0.39 is 17.4 Å². The summed E-state index contributed by atoms with van der Waals surface area (Å²) in [4.78, 5) is 28.7. The number of nitrogens with zero attached hydrogens (tertiary/aromatic N) is 3. The van der Waals surface area contributed by atoms with Gasteiger partial charge >= 0.3 is 5.97 Å². The summed E-state index contributed by atoms with van der Waals surface area (Å²) in [5, 5.41) is 7.38. The van der Waals surface area contributed by atoms with Gasteiger partial charge in [-0.05, 0) is 24.1 Å². The molecule has 2 aromatic rings. The molecule has 0 fully saturated rings. The summed E-state index contributed by atoms with van der Waals surface area (Å²) in [5.74, 6) is -1.46. The molecule has 1 heterocycles. The van der Waals surface area contributed by atoms with Crippen molar-refractivity contribution >= 4 is 29.1 Å². The number of hydrogen-bond acceptors (Lipinski definition) is 5. The molecule has 0 saturated heterocycles. The Labute approximate surface area is 161 Å². The van der Waals surface area contributed by atoms with E-state index in [1.807, 2.05) is 24.3 Å². The molecular weight excluding hydrogens is 368 g/mol. The maximum absolute atomic E-state index is 12.4. The Morgan fingerprint density at radius 1 is 1.37 bits per heavy atom. The van der Waals surface area contributed by atoms with Crippen LogP contribution in [-0.2, 0) is 20.9 Å². The average Bonchev–Trinajstić information content (AvgIpc) is 3.14. The zero-order valence-electron chi connectivity index (χ0n) is 14.9. The first kappa shape index (κ1) is 18.8. The number of hydrogen-bond donors (Lipinski definition) is 1. The number of rotatable bonds is 5. The van der Waals surface area contributed by atoms with Crippen molar-refractivity contribution in [2.24, 2.45) is 5.92 Å². The molecule has 0 saturated carbocycles. The Hall–Kier alpha value is -2.93. The summed E-state index contributed by atoms with van der Waals surface area (Å²) in [7, 11) is 1.32. The van der Waals surface area contributed by atoms with Gasteiger partial charge in [0.05, 0.1) is 12.6 Å². The molecule has 1 N–H and O–H groups in total. The summed E-state index contributed by atoms with van der Waals surface area (Å²) in [6.07, 6.45) is 8.20. The maximum Gasteiger partial charge on any atom is 0.315 e. The molecule has 1 aliphatic carbocycles. The number of esters is 1. The van der Waals surface area contributed by atoms with Crippen LogP contribution in [0, 0.1) is 5.92 Å². The highest BCUT2D eigenvalue weighted by atomic mass is 35.5. The molecule has 0 radical (unpaired) electrons. The van der Waals surface area contributed by atoms with E-state index in [1.165, 1.54) is 24.4 Å². The zero-order valence-corrected chi connectivity index (χ0v) is 15.7. The quantitative estimate of drug-likeness (QED) is 0.796. The molecule has 0 bridgehead atoms. The van der Waals surface area contributed by atoms with Gasteiger partial charge in [0.15, 0.2) is 0 Å². The molecule has 27 heavy (non-hydrogen) atoms. The van der Waals surface area contributed by atoms with Gasteiger partial charge in [-0.2, -0.15) is 5.10 Å². The van der Waals surface area contributed by atoms with Crippen LogP contribution < -0.4 is 5.32 Å². The SMILES string of the molecule is COC(=O)C1C=C(c2ccccc2Cl)C=CC1(C)NC(=O)Cn1cncn1. The first-order chi connectivity index (χ1) is 12.9. The number of halogens is 1. The highest BCUT2D eigenvalue weighted by Gasteiger charge is 2.40. The van der Waals surface area contributed by atoms with E-state index in [1.54, 1.807) is 25.1 Å². The number of amides is 1. The third kappa shape index (κ3) is 4.09. The van der Waals surface area contributed by atoms with Gasteiger partial charge in [0.1, 0.15) is 25.1 Å². The Kier molecular flexibility index (Phi) is 5.41. The standard InChI is InChI=1S/C19H19ClN4O3/c1-19(23-17(25)10-24-12-21-11-22-24)8-7-13(9-15(19)18(26)27-2)14-5-3-4-6-16(14)20/h3-9,11-12,15H,10H2,1-2H3,(H,23,25). The van der Waals surface area contributed by atoms with Crippen molar-refractivity contribution in [3.05, 3.63) is 65.7 Å². The minimum absolute atomic E-state index is 0.00158. The molecule has 7 nitrogen and oxygen atoms in total. The molecule has 8 heteroatoms. The van der Waals surface area contributed by atoms with E-state index in [2.05, 4.69) is 15.4 Å². The fraction of sp³-hybridized carbons (Fsp3) is 0.263. The third-order valence-corrected chi connectivity index (χ3v) is 4.75. The maximum atomic E-state index is 12.4. The number of ether oxygens (including phenoxy) is 1. The predicted molar refractivity (Wildman–Crippen MR) is 101 cm³/mol. The molecule has 1 aliphatic rings. The normalized spacial score (nSPS) is 21.4. The molecule has 2 atom stereocenters. The molecule has 0 aliphatic heterocycles. The van der Waals surface area contributed by atoms with Gasteiger partial charge in [-0.3, -0.25) is 9.59 Å². The summed E-state index contributed by atoms with van der Waals surface area (Å²) < 4.78 is 6.36. The summed E-state index contributed by atoms with van der Waals surface area (Å²) >= 11 is 6.28. The Balaban J connectivity index is 1.87. The topological polar surface area (TPSA) is 86.1 Å². The Morgan fingerprint density at radius 2 is 2.15 bits per heavy atom. The molecule has 3 rings (SSSR count). The fourth-order valence-corrected chi connectivity index (χ4v) is 3.26. The highest BCUT2D eigenvalue weighted by Crippen LogP contribution is 2.34. The van der Waals surface area contributed by atoms with Gasteiger partial charge < -0.3 is 10.1 Å². The van der Waals surface area contributed by atoms with Crippen LogP contribution in [0.25, 0.3) is 5.57 Å². The van der Waals surface area contributed by atoms with Crippen LogP contribution in [0.1, 0.15) is 12.5 Å². The molecular formula is C19H19ClN4O3. The van der Waals surface area contributed by atoms with Crippen LogP contribution >= 0.6 is 11.6 Å². The fourth-order valence-electron chi connectivity index (χ4n) is 3.01. The number of aromatic nitrogens is 3. The second-order valence-electron chi connectivity index (χ2n) is 6.36. The number of allylic oxidation sites excluding steroid dienone is 2. The van der Waals surface area contributed by atoms with Crippen molar-refractivity contribution in [3.8, 4) is 0 Å². The summed E-state index contributed by atoms with van der Waals surface area (Å²) in [6, 6.07) is 7.37. The predicted octanol–water partition coefficient (Wildman–Crippen LogP) is 2.25. The van der Waals surface area contributed by atoms with Gasteiger partial charge in [-0.15, -0.1) is 0 Å². The van der Waals surface area contributed by atoms with E-state index in [0.29, 0.717) is 5.02 Å². The average molecular weight is 387 g/mol. The first-order valence-electron chi connectivity index (χ1n) is 8.30. The van der Waals surface area contributed by atoms with E-state index in [0.717, 1.165) is 11.1 Å². The lowest BCUT2D eigenvalue weighted by atomic mass is 9.78.